The highest BCUT2D eigenvalue weighted by Crippen LogP contribution is 2.22. The summed E-state index contributed by atoms with van der Waals surface area (Å²) in [6.07, 6.45) is 0.613. The first-order valence-corrected chi connectivity index (χ1v) is 8.61. The number of sulfone groups is 1. The molecule has 1 aliphatic rings. The number of Topliss-reactive ketones (excluding diaryl/α,β-unsaturated/α-hetero) is 1. The zero-order valence-electron chi connectivity index (χ0n) is 10.7. The highest BCUT2D eigenvalue weighted by atomic mass is 79.9. The largest absolute Gasteiger partial charge is 0.341 e. The summed E-state index contributed by atoms with van der Waals surface area (Å²) in [6.45, 7) is 0.617. The van der Waals surface area contributed by atoms with Crippen LogP contribution in [0.2, 0.25) is 0 Å². The number of hydrogen-bond donors (Lipinski definition) is 0. The van der Waals surface area contributed by atoms with Gasteiger partial charge in [-0.05, 0) is 28.1 Å². The molecule has 1 saturated heterocycles. The lowest BCUT2D eigenvalue weighted by molar-refractivity contribution is -0.132. The maximum Gasteiger partial charge on any atom is 0.238 e. The van der Waals surface area contributed by atoms with Gasteiger partial charge in [-0.3, -0.25) is 9.59 Å². The molecule has 1 aromatic rings. The van der Waals surface area contributed by atoms with Crippen molar-refractivity contribution in [3.05, 3.63) is 28.7 Å². The fourth-order valence-corrected chi connectivity index (χ4v) is 4.37. The predicted octanol–water partition coefficient (Wildman–Crippen LogP) is 1.41. The number of likely N-dealkylation sites (tertiary alicyclic amines) is 1. The summed E-state index contributed by atoms with van der Waals surface area (Å²) in [7, 11) is -3.68. The number of hydrogen-bond acceptors (Lipinski definition) is 4. The molecule has 0 spiro atoms. The Morgan fingerprint density at radius 3 is 2.40 bits per heavy atom. The average molecular weight is 360 g/mol. The SMILES string of the molecule is O=C1CCN(C(=O)CS(=O)(=O)c2ccccc2Br)CC1. The molecule has 1 fully saturated rings. The van der Waals surface area contributed by atoms with Crippen molar-refractivity contribution < 1.29 is 18.0 Å². The van der Waals surface area contributed by atoms with Crippen molar-refractivity contribution in [1.82, 2.24) is 4.90 Å². The van der Waals surface area contributed by atoms with E-state index in [0.717, 1.165) is 0 Å². The Kier molecular flexibility index (Phi) is 4.59. The van der Waals surface area contributed by atoms with E-state index in [4.69, 9.17) is 0 Å². The van der Waals surface area contributed by atoms with Gasteiger partial charge >= 0.3 is 0 Å². The van der Waals surface area contributed by atoms with Gasteiger partial charge in [0.1, 0.15) is 11.5 Å². The number of benzene rings is 1. The number of carbonyl (C=O) groups is 2. The molecule has 1 aromatic carbocycles. The molecule has 1 aliphatic heterocycles. The third-order valence-electron chi connectivity index (χ3n) is 3.16. The smallest absolute Gasteiger partial charge is 0.238 e. The highest BCUT2D eigenvalue weighted by Gasteiger charge is 2.27. The van der Waals surface area contributed by atoms with Crippen molar-refractivity contribution in [2.75, 3.05) is 18.8 Å². The number of amides is 1. The van der Waals surface area contributed by atoms with E-state index in [0.29, 0.717) is 30.4 Å². The van der Waals surface area contributed by atoms with Crippen LogP contribution in [-0.2, 0) is 19.4 Å². The zero-order chi connectivity index (χ0) is 14.8. The van der Waals surface area contributed by atoms with Crippen LogP contribution in [0, 0.1) is 0 Å². The van der Waals surface area contributed by atoms with Gasteiger partial charge in [-0.15, -0.1) is 0 Å². The molecule has 2 rings (SSSR count). The Morgan fingerprint density at radius 2 is 1.80 bits per heavy atom. The molecular formula is C13H14BrNO4S. The first-order valence-electron chi connectivity index (χ1n) is 6.17. The van der Waals surface area contributed by atoms with Crippen molar-refractivity contribution >= 4 is 37.5 Å². The summed E-state index contributed by atoms with van der Waals surface area (Å²) in [5, 5.41) is 0. The number of piperidine rings is 1. The standard InChI is InChI=1S/C13H14BrNO4S/c14-11-3-1-2-4-12(11)20(18,19)9-13(17)15-7-5-10(16)6-8-15/h1-4H,5-9H2. The fourth-order valence-electron chi connectivity index (χ4n) is 2.03. The number of nitrogens with zero attached hydrogens (tertiary/aromatic N) is 1. The monoisotopic (exact) mass is 359 g/mol. The van der Waals surface area contributed by atoms with Gasteiger partial charge < -0.3 is 4.90 Å². The number of carbonyl (C=O) groups excluding carboxylic acids is 2. The van der Waals surface area contributed by atoms with E-state index in [-0.39, 0.29) is 10.7 Å². The first kappa shape index (κ1) is 15.2. The highest BCUT2D eigenvalue weighted by molar-refractivity contribution is 9.10. The zero-order valence-corrected chi connectivity index (χ0v) is 13.1. The average Bonchev–Trinajstić information content (AvgIpc) is 2.39. The molecule has 1 amide bonds. The van der Waals surface area contributed by atoms with Crippen LogP contribution in [0.5, 0.6) is 0 Å². The van der Waals surface area contributed by atoms with Crippen molar-refractivity contribution in [3.63, 3.8) is 0 Å². The van der Waals surface area contributed by atoms with Gasteiger partial charge in [-0.25, -0.2) is 8.42 Å². The van der Waals surface area contributed by atoms with E-state index >= 15 is 0 Å². The van der Waals surface area contributed by atoms with Gasteiger partial charge in [-0.2, -0.15) is 0 Å². The van der Waals surface area contributed by atoms with Crippen LogP contribution >= 0.6 is 15.9 Å². The van der Waals surface area contributed by atoms with Gasteiger partial charge in [0.2, 0.25) is 5.91 Å². The second-order valence-corrected chi connectivity index (χ2v) is 7.42. The Morgan fingerprint density at radius 1 is 1.20 bits per heavy atom. The predicted molar refractivity (Wildman–Crippen MR) is 77.0 cm³/mol. The molecule has 0 bridgehead atoms. The molecule has 1 heterocycles. The lowest BCUT2D eigenvalue weighted by atomic mass is 10.1. The van der Waals surface area contributed by atoms with Gasteiger partial charge in [0, 0.05) is 30.4 Å². The quantitative estimate of drug-likeness (QED) is 0.817. The van der Waals surface area contributed by atoms with Crippen LogP contribution in [0.1, 0.15) is 12.8 Å². The molecule has 0 aromatic heterocycles. The minimum atomic E-state index is -3.68. The summed E-state index contributed by atoms with van der Waals surface area (Å²) in [5.41, 5.74) is 0. The van der Waals surface area contributed by atoms with Gasteiger partial charge in [0.15, 0.2) is 9.84 Å². The number of rotatable bonds is 3. The van der Waals surface area contributed by atoms with E-state index in [9.17, 15) is 18.0 Å². The van der Waals surface area contributed by atoms with Crippen LogP contribution in [0.4, 0.5) is 0 Å². The van der Waals surface area contributed by atoms with Crippen LogP contribution < -0.4 is 0 Å². The van der Waals surface area contributed by atoms with E-state index < -0.39 is 21.5 Å². The molecule has 0 aliphatic carbocycles. The summed E-state index contributed by atoms with van der Waals surface area (Å²) >= 11 is 3.18. The minimum Gasteiger partial charge on any atom is -0.341 e. The minimum absolute atomic E-state index is 0.112. The molecule has 0 atom stereocenters. The van der Waals surface area contributed by atoms with Crippen LogP contribution in [-0.4, -0.2) is 43.9 Å². The number of ketones is 1. The summed E-state index contributed by atoms with van der Waals surface area (Å²) in [6, 6.07) is 6.41. The molecule has 0 unspecified atom stereocenters. The van der Waals surface area contributed by atoms with Crippen LogP contribution in [0.15, 0.2) is 33.6 Å². The van der Waals surface area contributed by atoms with E-state index in [1.807, 2.05) is 0 Å². The molecule has 7 heteroatoms. The summed E-state index contributed by atoms with van der Waals surface area (Å²) in [5.74, 6) is -0.903. The molecular weight excluding hydrogens is 346 g/mol. The van der Waals surface area contributed by atoms with Crippen molar-refractivity contribution in [2.24, 2.45) is 0 Å². The van der Waals surface area contributed by atoms with E-state index in [1.165, 1.54) is 11.0 Å². The molecule has 20 heavy (non-hydrogen) atoms. The Bertz CT molecular complexity index is 632. The molecule has 0 N–H and O–H groups in total. The summed E-state index contributed by atoms with van der Waals surface area (Å²) < 4.78 is 24.9. The van der Waals surface area contributed by atoms with E-state index in [2.05, 4.69) is 15.9 Å². The van der Waals surface area contributed by atoms with Crippen LogP contribution in [0.25, 0.3) is 0 Å². The normalized spacial score (nSPS) is 16.2. The summed E-state index contributed by atoms with van der Waals surface area (Å²) in [4.78, 5) is 24.7. The van der Waals surface area contributed by atoms with Gasteiger partial charge in [-0.1, -0.05) is 12.1 Å². The fraction of sp³-hybridized carbons (Fsp3) is 0.385. The van der Waals surface area contributed by atoms with E-state index in [1.54, 1.807) is 18.2 Å². The Balaban J connectivity index is 2.11. The van der Waals surface area contributed by atoms with Crippen LogP contribution in [0.3, 0.4) is 0 Å². The maximum absolute atomic E-state index is 12.2. The van der Waals surface area contributed by atoms with Crippen molar-refractivity contribution in [3.8, 4) is 0 Å². The maximum atomic E-state index is 12.2. The number of halogens is 1. The lowest BCUT2D eigenvalue weighted by Gasteiger charge is -2.26. The first-order chi connectivity index (χ1) is 9.40. The van der Waals surface area contributed by atoms with Gasteiger partial charge in [0.05, 0.1) is 4.90 Å². The second-order valence-electron chi connectivity index (χ2n) is 4.61. The molecule has 108 valence electrons. The topological polar surface area (TPSA) is 71.5 Å². The lowest BCUT2D eigenvalue weighted by Crippen LogP contribution is -2.41. The molecule has 0 radical (unpaired) electrons. The molecule has 5 nitrogen and oxygen atoms in total. The Labute approximate surface area is 126 Å². The Hall–Kier alpha value is -1.21. The second kappa shape index (κ2) is 6.05. The van der Waals surface area contributed by atoms with Crippen molar-refractivity contribution in [1.29, 1.82) is 0 Å². The van der Waals surface area contributed by atoms with Gasteiger partial charge in [0.25, 0.3) is 0 Å². The van der Waals surface area contributed by atoms with Crippen molar-refractivity contribution in [2.45, 2.75) is 17.7 Å². The molecule has 0 saturated carbocycles. The third kappa shape index (κ3) is 3.46. The third-order valence-corrected chi connectivity index (χ3v) is 5.77.